The van der Waals surface area contributed by atoms with Crippen molar-refractivity contribution in [2.45, 2.75) is 44.8 Å². The molecule has 0 saturated heterocycles. The molecule has 0 spiro atoms. The fourth-order valence-corrected chi connectivity index (χ4v) is 5.78. The molecule has 1 heterocycles. The first-order valence-electron chi connectivity index (χ1n) is 9.10. The van der Waals surface area contributed by atoms with Crippen molar-refractivity contribution in [3.8, 4) is 11.5 Å². The van der Waals surface area contributed by atoms with Gasteiger partial charge in [-0.2, -0.15) is 0 Å². The minimum Gasteiger partial charge on any atom is -0.454 e. The summed E-state index contributed by atoms with van der Waals surface area (Å²) >= 11 is 0. The molecular formula is C18H28NO5P. The lowest BCUT2D eigenvalue weighted by molar-refractivity contribution is 0.174. The molecule has 1 aromatic carbocycles. The number of aliphatic hydroxyl groups is 1. The summed E-state index contributed by atoms with van der Waals surface area (Å²) < 4.78 is 23.0. The standard InChI is InChI=1S/C18H28NO5P/c20-16(12-25(21,22)11-14-4-2-1-3-5-14)10-19-9-15-6-7-17-18(8-15)24-13-23-17/h6-8,14,16,19-20H,1-5,9-13H2,(H,21,22). The molecule has 6 nitrogen and oxygen atoms in total. The third kappa shape index (κ3) is 5.71. The summed E-state index contributed by atoms with van der Waals surface area (Å²) in [4.78, 5) is 10.2. The van der Waals surface area contributed by atoms with Crippen molar-refractivity contribution in [3.05, 3.63) is 23.8 Å². The fraction of sp³-hybridized carbons (Fsp3) is 0.667. The lowest BCUT2D eigenvalue weighted by Gasteiger charge is -2.25. The number of ether oxygens (including phenoxy) is 2. The normalized spacial score (nSPS) is 21.0. The topological polar surface area (TPSA) is 88.0 Å². The molecular weight excluding hydrogens is 341 g/mol. The largest absolute Gasteiger partial charge is 0.454 e. The van der Waals surface area contributed by atoms with E-state index in [-0.39, 0.29) is 13.0 Å². The SMILES string of the molecule is O=P(O)(CC(O)CNCc1ccc2c(c1)OCO2)CC1CCCCC1. The second kappa shape index (κ2) is 8.54. The Balaban J connectivity index is 1.39. The van der Waals surface area contributed by atoms with Crippen LogP contribution in [0.5, 0.6) is 11.5 Å². The van der Waals surface area contributed by atoms with E-state index in [9.17, 15) is 14.6 Å². The van der Waals surface area contributed by atoms with Crippen LogP contribution in [0.15, 0.2) is 18.2 Å². The molecule has 3 rings (SSSR count). The molecule has 2 aliphatic rings. The van der Waals surface area contributed by atoms with Crippen LogP contribution in [0.25, 0.3) is 0 Å². The Morgan fingerprint density at radius 3 is 2.76 bits per heavy atom. The molecule has 25 heavy (non-hydrogen) atoms. The van der Waals surface area contributed by atoms with E-state index in [0.29, 0.717) is 25.2 Å². The van der Waals surface area contributed by atoms with E-state index in [1.807, 2.05) is 18.2 Å². The van der Waals surface area contributed by atoms with Gasteiger partial charge < -0.3 is 24.8 Å². The summed E-state index contributed by atoms with van der Waals surface area (Å²) in [5.74, 6) is 1.82. The average Bonchev–Trinajstić information content (AvgIpc) is 3.02. The van der Waals surface area contributed by atoms with Crippen LogP contribution in [0.4, 0.5) is 0 Å². The lowest BCUT2D eigenvalue weighted by Crippen LogP contribution is -2.30. The van der Waals surface area contributed by atoms with Crippen molar-refractivity contribution < 1.29 is 24.0 Å². The Morgan fingerprint density at radius 2 is 1.96 bits per heavy atom. The van der Waals surface area contributed by atoms with Crippen LogP contribution in [-0.4, -0.2) is 41.8 Å². The Bertz CT molecular complexity index is 617. The number of aliphatic hydroxyl groups excluding tert-OH is 1. The maximum Gasteiger partial charge on any atom is 0.231 e. The van der Waals surface area contributed by atoms with Crippen molar-refractivity contribution in [2.24, 2.45) is 5.92 Å². The Morgan fingerprint density at radius 1 is 1.20 bits per heavy atom. The van der Waals surface area contributed by atoms with Crippen molar-refractivity contribution >= 4 is 7.37 Å². The quantitative estimate of drug-likeness (QED) is 0.611. The van der Waals surface area contributed by atoms with Gasteiger partial charge >= 0.3 is 0 Å². The number of hydrogen-bond acceptors (Lipinski definition) is 5. The second-order valence-electron chi connectivity index (χ2n) is 7.19. The zero-order chi connectivity index (χ0) is 17.7. The molecule has 3 N–H and O–H groups in total. The van der Waals surface area contributed by atoms with Crippen molar-refractivity contribution in [2.75, 3.05) is 25.7 Å². The van der Waals surface area contributed by atoms with Gasteiger partial charge in [-0.05, 0) is 36.5 Å². The van der Waals surface area contributed by atoms with E-state index in [1.54, 1.807) is 0 Å². The lowest BCUT2D eigenvalue weighted by atomic mass is 9.91. The molecule has 0 aromatic heterocycles. The highest BCUT2D eigenvalue weighted by atomic mass is 31.2. The molecule has 0 radical (unpaired) electrons. The van der Waals surface area contributed by atoms with Gasteiger partial charge in [0.15, 0.2) is 11.5 Å². The van der Waals surface area contributed by atoms with Gasteiger partial charge in [-0.1, -0.05) is 25.3 Å². The third-order valence-corrected chi connectivity index (χ3v) is 6.99. The molecule has 0 amide bonds. The highest BCUT2D eigenvalue weighted by Crippen LogP contribution is 2.45. The minimum absolute atomic E-state index is 0.0301. The summed E-state index contributed by atoms with van der Waals surface area (Å²) in [6, 6.07) is 5.70. The van der Waals surface area contributed by atoms with E-state index < -0.39 is 13.5 Å². The van der Waals surface area contributed by atoms with Crippen molar-refractivity contribution in [1.29, 1.82) is 0 Å². The Hall–Kier alpha value is -1.07. The molecule has 2 atom stereocenters. The molecule has 1 aliphatic heterocycles. The Labute approximate surface area is 149 Å². The number of hydrogen-bond donors (Lipinski definition) is 3. The number of fused-ring (bicyclic) bond motifs is 1. The number of benzene rings is 1. The second-order valence-corrected chi connectivity index (χ2v) is 9.61. The van der Waals surface area contributed by atoms with E-state index in [2.05, 4.69) is 5.32 Å². The van der Waals surface area contributed by atoms with Crippen molar-refractivity contribution in [1.82, 2.24) is 5.32 Å². The van der Waals surface area contributed by atoms with E-state index in [0.717, 1.165) is 42.7 Å². The van der Waals surface area contributed by atoms with Gasteiger partial charge in [0.25, 0.3) is 0 Å². The Kier molecular flexibility index (Phi) is 6.39. The molecule has 1 saturated carbocycles. The van der Waals surface area contributed by atoms with Crippen LogP contribution >= 0.6 is 7.37 Å². The number of nitrogens with one attached hydrogen (secondary N) is 1. The van der Waals surface area contributed by atoms with Crippen LogP contribution in [0.3, 0.4) is 0 Å². The first-order valence-corrected chi connectivity index (χ1v) is 11.1. The van der Waals surface area contributed by atoms with Crippen LogP contribution < -0.4 is 14.8 Å². The summed E-state index contributed by atoms with van der Waals surface area (Å²) in [5, 5.41) is 13.2. The zero-order valence-corrected chi connectivity index (χ0v) is 15.4. The van der Waals surface area contributed by atoms with Crippen molar-refractivity contribution in [3.63, 3.8) is 0 Å². The highest BCUT2D eigenvalue weighted by molar-refractivity contribution is 7.58. The average molecular weight is 369 g/mol. The van der Waals surface area contributed by atoms with Gasteiger partial charge in [-0.15, -0.1) is 0 Å². The molecule has 1 aromatic rings. The van der Waals surface area contributed by atoms with Gasteiger partial charge in [-0.25, -0.2) is 0 Å². The fourth-order valence-electron chi connectivity index (χ4n) is 3.68. The molecule has 7 heteroatoms. The van der Waals surface area contributed by atoms with Gasteiger partial charge in [0.2, 0.25) is 14.2 Å². The predicted molar refractivity (Wildman–Crippen MR) is 96.4 cm³/mol. The van der Waals surface area contributed by atoms with Crippen LogP contribution in [0.1, 0.15) is 37.7 Å². The first kappa shape index (κ1) is 18.7. The molecule has 1 fully saturated rings. The van der Waals surface area contributed by atoms with Gasteiger partial charge in [0, 0.05) is 19.3 Å². The summed E-state index contributed by atoms with van der Waals surface area (Å²) in [7, 11) is -3.27. The van der Waals surface area contributed by atoms with E-state index in [4.69, 9.17) is 9.47 Å². The van der Waals surface area contributed by atoms with Crippen LogP contribution in [-0.2, 0) is 11.1 Å². The van der Waals surface area contributed by atoms with Gasteiger partial charge in [-0.3, -0.25) is 4.57 Å². The maximum absolute atomic E-state index is 12.4. The smallest absolute Gasteiger partial charge is 0.231 e. The minimum atomic E-state index is -3.27. The molecule has 1 aliphatic carbocycles. The van der Waals surface area contributed by atoms with Gasteiger partial charge in [0.05, 0.1) is 12.3 Å². The van der Waals surface area contributed by atoms with E-state index in [1.165, 1.54) is 6.42 Å². The van der Waals surface area contributed by atoms with E-state index >= 15 is 0 Å². The molecule has 140 valence electrons. The first-order chi connectivity index (χ1) is 12.0. The highest BCUT2D eigenvalue weighted by Gasteiger charge is 2.28. The number of rotatable bonds is 8. The molecule has 2 unspecified atom stereocenters. The van der Waals surface area contributed by atoms with Crippen LogP contribution in [0, 0.1) is 5.92 Å². The third-order valence-electron chi connectivity index (χ3n) is 4.91. The molecule has 0 bridgehead atoms. The predicted octanol–water partition coefficient (Wildman–Crippen LogP) is 2.72. The maximum atomic E-state index is 12.4. The van der Waals surface area contributed by atoms with Crippen LogP contribution in [0.2, 0.25) is 0 Å². The zero-order valence-electron chi connectivity index (χ0n) is 14.5. The summed E-state index contributed by atoms with van der Waals surface area (Å²) in [5.41, 5.74) is 1.02. The summed E-state index contributed by atoms with van der Waals surface area (Å²) in [6.45, 7) is 1.10. The van der Waals surface area contributed by atoms with Gasteiger partial charge in [0.1, 0.15) is 0 Å². The monoisotopic (exact) mass is 369 g/mol. The summed E-state index contributed by atoms with van der Waals surface area (Å²) in [6.07, 6.45) is 5.15.